The summed E-state index contributed by atoms with van der Waals surface area (Å²) in [5.74, 6) is -1.22. The van der Waals surface area contributed by atoms with Crippen LogP contribution in [0.15, 0.2) is 30.4 Å². The van der Waals surface area contributed by atoms with Crippen molar-refractivity contribution in [2.75, 3.05) is 7.11 Å². The molecule has 1 aromatic carbocycles. The molecule has 0 radical (unpaired) electrons. The molecule has 2 aliphatic heterocycles. The SMILES string of the molecule is COc1cc(O)c2c(c1)/C=C/C[C@@H]1OC(C)(C)O[C@@H]1[C@@H](O)/C=C/C[C@H](C)OC2=O. The number of esters is 1. The van der Waals surface area contributed by atoms with E-state index in [0.717, 1.165) is 0 Å². The van der Waals surface area contributed by atoms with Gasteiger partial charge in [0.2, 0.25) is 0 Å². The minimum absolute atomic E-state index is 0.0791. The van der Waals surface area contributed by atoms with E-state index in [2.05, 4.69) is 0 Å². The van der Waals surface area contributed by atoms with Crippen molar-refractivity contribution >= 4 is 12.0 Å². The fourth-order valence-corrected chi connectivity index (χ4v) is 3.57. The monoisotopic (exact) mass is 404 g/mol. The van der Waals surface area contributed by atoms with Crippen LogP contribution in [0.25, 0.3) is 6.08 Å². The minimum Gasteiger partial charge on any atom is -0.507 e. The number of carbonyl (C=O) groups is 1. The van der Waals surface area contributed by atoms with Crippen LogP contribution >= 0.6 is 0 Å². The van der Waals surface area contributed by atoms with Gasteiger partial charge < -0.3 is 29.2 Å². The predicted molar refractivity (Wildman–Crippen MR) is 107 cm³/mol. The number of hydrogen-bond acceptors (Lipinski definition) is 7. The third kappa shape index (κ3) is 4.98. The Morgan fingerprint density at radius 2 is 1.93 bits per heavy atom. The van der Waals surface area contributed by atoms with E-state index in [0.29, 0.717) is 24.2 Å². The largest absolute Gasteiger partial charge is 0.507 e. The zero-order chi connectivity index (χ0) is 21.2. The molecule has 1 saturated heterocycles. The average Bonchev–Trinajstić information content (AvgIpc) is 2.95. The van der Waals surface area contributed by atoms with Crippen molar-refractivity contribution in [1.29, 1.82) is 0 Å². The summed E-state index contributed by atoms with van der Waals surface area (Å²) in [6, 6.07) is 3.04. The highest BCUT2D eigenvalue weighted by atomic mass is 16.8. The minimum atomic E-state index is -0.850. The Balaban J connectivity index is 1.99. The van der Waals surface area contributed by atoms with Gasteiger partial charge in [0.1, 0.15) is 35.4 Å². The number of benzene rings is 1. The number of rotatable bonds is 1. The summed E-state index contributed by atoms with van der Waals surface area (Å²) in [6.07, 6.45) is 5.60. The molecule has 1 fully saturated rings. The van der Waals surface area contributed by atoms with E-state index in [1.807, 2.05) is 6.08 Å². The van der Waals surface area contributed by atoms with Gasteiger partial charge in [-0.3, -0.25) is 0 Å². The van der Waals surface area contributed by atoms with Crippen molar-refractivity contribution in [2.24, 2.45) is 0 Å². The summed E-state index contributed by atoms with van der Waals surface area (Å²) in [7, 11) is 1.48. The van der Waals surface area contributed by atoms with Gasteiger partial charge in [-0.2, -0.15) is 0 Å². The normalized spacial score (nSPS) is 31.7. The quantitative estimate of drug-likeness (QED) is 0.548. The molecule has 1 aromatic rings. The van der Waals surface area contributed by atoms with Crippen molar-refractivity contribution in [3.05, 3.63) is 41.5 Å². The van der Waals surface area contributed by atoms with Gasteiger partial charge in [-0.15, -0.1) is 0 Å². The molecule has 29 heavy (non-hydrogen) atoms. The number of cyclic esters (lactones) is 1. The topological polar surface area (TPSA) is 94.5 Å². The highest BCUT2D eigenvalue weighted by Gasteiger charge is 2.43. The molecule has 158 valence electrons. The van der Waals surface area contributed by atoms with Crippen LogP contribution in [-0.2, 0) is 14.2 Å². The van der Waals surface area contributed by atoms with Gasteiger partial charge >= 0.3 is 5.97 Å². The van der Waals surface area contributed by atoms with Gasteiger partial charge in [-0.25, -0.2) is 4.79 Å². The lowest BCUT2D eigenvalue weighted by molar-refractivity contribution is -0.152. The number of aliphatic hydroxyl groups excluding tert-OH is 1. The molecular formula is C22H28O7. The van der Waals surface area contributed by atoms with Crippen molar-refractivity contribution < 1.29 is 34.0 Å². The van der Waals surface area contributed by atoms with E-state index < -0.39 is 30.1 Å². The standard InChI is InChI=1S/C22H28O7/c1-13-7-5-9-16(23)20-18(28-22(2,3)29-20)10-6-8-14-11-15(26-4)12-17(24)19(14)21(25)27-13/h5-6,8-9,11-13,16,18,20,23-24H,7,10H2,1-4H3/b8-6+,9-5+/t13-,16-,18-,20+/m0/s1. The highest BCUT2D eigenvalue weighted by molar-refractivity contribution is 5.97. The third-order valence-electron chi connectivity index (χ3n) is 4.89. The smallest absolute Gasteiger partial charge is 0.342 e. The first-order chi connectivity index (χ1) is 13.7. The van der Waals surface area contributed by atoms with Gasteiger partial charge in [0.05, 0.1) is 13.2 Å². The van der Waals surface area contributed by atoms with Crippen molar-refractivity contribution in [3.63, 3.8) is 0 Å². The maximum absolute atomic E-state index is 12.7. The second kappa shape index (κ2) is 8.57. The Kier molecular flexibility index (Phi) is 6.31. The first kappa shape index (κ1) is 21.4. The number of phenols is 1. The molecule has 3 rings (SSSR count). The second-order valence-electron chi connectivity index (χ2n) is 7.76. The predicted octanol–water partition coefficient (Wildman–Crippen LogP) is 3.19. The number of ether oxygens (including phenoxy) is 4. The van der Waals surface area contributed by atoms with Gasteiger partial charge in [-0.05, 0) is 38.8 Å². The summed E-state index contributed by atoms with van der Waals surface area (Å²) in [5, 5.41) is 20.9. The second-order valence-corrected chi connectivity index (χ2v) is 7.76. The number of aromatic hydroxyl groups is 1. The van der Waals surface area contributed by atoms with Crippen LogP contribution in [0.4, 0.5) is 0 Å². The molecule has 0 spiro atoms. The number of fused-ring (bicyclic) bond motifs is 2. The summed E-state index contributed by atoms with van der Waals surface area (Å²) in [6.45, 7) is 5.36. The highest BCUT2D eigenvalue weighted by Crippen LogP contribution is 2.34. The van der Waals surface area contributed by atoms with E-state index in [1.54, 1.807) is 45.1 Å². The van der Waals surface area contributed by atoms with E-state index in [1.165, 1.54) is 13.2 Å². The fourth-order valence-electron chi connectivity index (χ4n) is 3.57. The zero-order valence-corrected chi connectivity index (χ0v) is 17.1. The lowest BCUT2D eigenvalue weighted by atomic mass is 10.0. The molecule has 2 heterocycles. The Bertz CT molecular complexity index is 812. The molecule has 7 heteroatoms. The molecule has 0 bridgehead atoms. The molecule has 0 unspecified atom stereocenters. The number of hydrogen-bond donors (Lipinski definition) is 2. The molecule has 2 aliphatic rings. The third-order valence-corrected chi connectivity index (χ3v) is 4.89. The van der Waals surface area contributed by atoms with Crippen LogP contribution in [-0.4, -0.2) is 53.5 Å². The first-order valence-corrected chi connectivity index (χ1v) is 9.69. The summed E-state index contributed by atoms with van der Waals surface area (Å²) in [4.78, 5) is 12.7. The summed E-state index contributed by atoms with van der Waals surface area (Å²) >= 11 is 0. The Labute approximate surface area is 170 Å². The number of methoxy groups -OCH3 is 1. The summed E-state index contributed by atoms with van der Waals surface area (Å²) < 4.78 is 22.5. The lowest BCUT2D eigenvalue weighted by Crippen LogP contribution is -2.34. The Hall–Kier alpha value is -2.35. The van der Waals surface area contributed by atoms with E-state index in [4.69, 9.17) is 18.9 Å². The van der Waals surface area contributed by atoms with E-state index in [-0.39, 0.29) is 17.4 Å². The van der Waals surface area contributed by atoms with Crippen molar-refractivity contribution in [2.45, 2.75) is 63.8 Å². The van der Waals surface area contributed by atoms with Crippen LogP contribution in [0, 0.1) is 0 Å². The molecule has 0 aromatic heterocycles. The molecule has 7 nitrogen and oxygen atoms in total. The van der Waals surface area contributed by atoms with Crippen LogP contribution in [0.1, 0.15) is 49.5 Å². The maximum Gasteiger partial charge on any atom is 0.342 e. The number of phenolic OH excluding ortho intramolecular Hbond substituents is 1. The van der Waals surface area contributed by atoms with Crippen molar-refractivity contribution in [1.82, 2.24) is 0 Å². The molecule has 0 saturated carbocycles. The van der Waals surface area contributed by atoms with E-state index in [9.17, 15) is 15.0 Å². The number of aliphatic hydroxyl groups is 1. The van der Waals surface area contributed by atoms with Gasteiger partial charge in [0, 0.05) is 12.5 Å². The number of carbonyl (C=O) groups excluding carboxylic acids is 1. The van der Waals surface area contributed by atoms with Crippen LogP contribution in [0.5, 0.6) is 11.5 Å². The van der Waals surface area contributed by atoms with Crippen LogP contribution < -0.4 is 4.74 Å². The molecule has 0 amide bonds. The zero-order valence-electron chi connectivity index (χ0n) is 17.1. The summed E-state index contributed by atoms with van der Waals surface area (Å²) in [5.41, 5.74) is 0.553. The average molecular weight is 404 g/mol. The molecule has 2 N–H and O–H groups in total. The molecule has 0 aliphatic carbocycles. The van der Waals surface area contributed by atoms with Gasteiger partial charge in [0.15, 0.2) is 5.79 Å². The first-order valence-electron chi connectivity index (χ1n) is 9.69. The van der Waals surface area contributed by atoms with Crippen LogP contribution in [0.3, 0.4) is 0 Å². The van der Waals surface area contributed by atoms with E-state index >= 15 is 0 Å². The fraction of sp³-hybridized carbons (Fsp3) is 0.500. The van der Waals surface area contributed by atoms with Crippen molar-refractivity contribution in [3.8, 4) is 11.5 Å². The molecule has 4 atom stereocenters. The lowest BCUT2D eigenvalue weighted by Gasteiger charge is -2.20. The Morgan fingerprint density at radius 1 is 1.17 bits per heavy atom. The Morgan fingerprint density at radius 3 is 2.66 bits per heavy atom. The maximum atomic E-state index is 12.7. The van der Waals surface area contributed by atoms with Gasteiger partial charge in [-0.1, -0.05) is 24.3 Å². The van der Waals surface area contributed by atoms with Gasteiger partial charge in [0.25, 0.3) is 0 Å². The van der Waals surface area contributed by atoms with Crippen LogP contribution in [0.2, 0.25) is 0 Å². The molecular weight excluding hydrogens is 376 g/mol.